The Kier molecular flexibility index (Phi) is 2.95. The molecule has 0 bridgehead atoms. The van der Waals surface area contributed by atoms with Crippen LogP contribution in [-0.4, -0.2) is 23.5 Å². The Morgan fingerprint density at radius 3 is 1.45 bits per heavy atom. The Hall–Kier alpha value is -1.82. The molecular formula is C17H12O2Te. The molecule has 2 nitrogen and oxygen atoms in total. The van der Waals surface area contributed by atoms with Crippen molar-refractivity contribution in [2.24, 2.45) is 0 Å². The molecule has 3 heteroatoms. The first-order chi connectivity index (χ1) is 9.90. The third-order valence-electron chi connectivity index (χ3n) is 3.19. The van der Waals surface area contributed by atoms with Gasteiger partial charge in [0.2, 0.25) is 0 Å². The third kappa shape index (κ3) is 2.10. The molecule has 98 valence electrons. The quantitative estimate of drug-likeness (QED) is 0.749. The fraction of sp³-hybridized carbons (Fsp3) is 0. The van der Waals surface area contributed by atoms with Gasteiger partial charge in [0.15, 0.2) is 0 Å². The van der Waals surface area contributed by atoms with E-state index < -0.39 is 19.9 Å². The van der Waals surface area contributed by atoms with Crippen molar-refractivity contribution in [3.8, 4) is 0 Å². The molecule has 0 unspecified atom stereocenters. The van der Waals surface area contributed by atoms with E-state index in [1.807, 2.05) is 36.4 Å². The Bertz CT molecular complexity index is 680. The maximum atomic E-state index is 6.04. The summed E-state index contributed by atoms with van der Waals surface area (Å²) in [6.07, 6.45) is 4.25. The summed E-state index contributed by atoms with van der Waals surface area (Å²) in [5.41, 5.74) is 2.24. The average molecular weight is 376 g/mol. The third-order valence-corrected chi connectivity index (χ3v) is 6.85. The second-order valence-corrected chi connectivity index (χ2v) is 8.19. The molecule has 2 aromatic rings. The van der Waals surface area contributed by atoms with Gasteiger partial charge in [0.25, 0.3) is 0 Å². The number of hydrogen-bond donors (Lipinski definition) is 0. The first-order valence-electron chi connectivity index (χ1n) is 6.42. The summed E-state index contributed by atoms with van der Waals surface area (Å²) in [6.45, 7) is 0. The van der Waals surface area contributed by atoms with Gasteiger partial charge in [-0.05, 0) is 0 Å². The minimum atomic E-state index is -2.09. The molecule has 4 rings (SSSR count). The molecule has 2 aliphatic rings. The van der Waals surface area contributed by atoms with Crippen LogP contribution in [0.4, 0.5) is 0 Å². The van der Waals surface area contributed by atoms with Gasteiger partial charge in [0.05, 0.1) is 0 Å². The molecule has 0 saturated carbocycles. The summed E-state index contributed by atoms with van der Waals surface area (Å²) in [4.78, 5) is 0. The molecule has 0 aliphatic carbocycles. The maximum absolute atomic E-state index is 6.04. The molecular weight excluding hydrogens is 364 g/mol. The molecule has 0 saturated heterocycles. The Morgan fingerprint density at radius 2 is 1.05 bits per heavy atom. The summed E-state index contributed by atoms with van der Waals surface area (Å²) in [5.74, 6) is 1.89. The molecule has 2 aromatic carbocycles. The minimum absolute atomic E-state index is 0.945. The fourth-order valence-corrected chi connectivity index (χ4v) is 5.75. The van der Waals surface area contributed by atoms with Crippen molar-refractivity contribution >= 4 is 35.0 Å². The van der Waals surface area contributed by atoms with Crippen molar-refractivity contribution in [1.29, 1.82) is 0 Å². The SMILES string of the molecule is C1=C(c2ccccc2)O[Te]2=C1C=C(c1ccccc1)O2. The second-order valence-electron chi connectivity index (χ2n) is 4.55. The van der Waals surface area contributed by atoms with Crippen LogP contribution in [-0.2, 0) is 6.20 Å². The van der Waals surface area contributed by atoms with Gasteiger partial charge >= 0.3 is 125 Å². The van der Waals surface area contributed by atoms with Crippen molar-refractivity contribution < 1.29 is 6.20 Å². The van der Waals surface area contributed by atoms with E-state index in [0.29, 0.717) is 0 Å². The zero-order valence-electron chi connectivity index (χ0n) is 10.7. The van der Waals surface area contributed by atoms with Gasteiger partial charge in [-0.3, -0.25) is 0 Å². The molecule has 2 aliphatic heterocycles. The van der Waals surface area contributed by atoms with E-state index in [1.54, 1.807) is 0 Å². The normalized spacial score (nSPS) is 17.1. The van der Waals surface area contributed by atoms with Crippen molar-refractivity contribution in [3.63, 3.8) is 0 Å². The second kappa shape index (κ2) is 4.94. The van der Waals surface area contributed by atoms with Crippen LogP contribution in [0.3, 0.4) is 0 Å². The van der Waals surface area contributed by atoms with E-state index >= 15 is 0 Å². The molecule has 2 heterocycles. The van der Waals surface area contributed by atoms with Crippen LogP contribution in [0.5, 0.6) is 0 Å². The Morgan fingerprint density at radius 1 is 0.600 bits per heavy atom. The van der Waals surface area contributed by atoms with Crippen molar-refractivity contribution in [1.82, 2.24) is 0 Å². The van der Waals surface area contributed by atoms with Gasteiger partial charge in [0.1, 0.15) is 0 Å². The Balaban J connectivity index is 1.62. The van der Waals surface area contributed by atoms with Crippen LogP contribution < -0.4 is 0 Å². The number of hydrogen-bond acceptors (Lipinski definition) is 2. The van der Waals surface area contributed by atoms with Gasteiger partial charge in [0, 0.05) is 0 Å². The Labute approximate surface area is 125 Å². The van der Waals surface area contributed by atoms with Gasteiger partial charge in [-0.1, -0.05) is 0 Å². The van der Waals surface area contributed by atoms with Crippen LogP contribution in [0.1, 0.15) is 11.1 Å². The van der Waals surface area contributed by atoms with E-state index in [4.69, 9.17) is 6.20 Å². The van der Waals surface area contributed by atoms with E-state index in [9.17, 15) is 0 Å². The monoisotopic (exact) mass is 378 g/mol. The first kappa shape index (κ1) is 12.0. The topological polar surface area (TPSA) is 18.5 Å². The number of allylic oxidation sites excluding steroid dienone is 2. The zero-order chi connectivity index (χ0) is 13.4. The van der Waals surface area contributed by atoms with Crippen LogP contribution in [0.15, 0.2) is 72.8 Å². The standard InChI is InChI=1S/C17H12O2Te/c1-3-7-13(8-4-1)16-11-15-12-17(19-20(15)18-16)14-9-5-2-6-10-14/h1-12H. The predicted molar refractivity (Wildman–Crippen MR) is 81.8 cm³/mol. The summed E-state index contributed by atoms with van der Waals surface area (Å²) in [7, 11) is 0. The summed E-state index contributed by atoms with van der Waals surface area (Å²) < 4.78 is 13.3. The van der Waals surface area contributed by atoms with Crippen LogP contribution in [0, 0.1) is 0 Å². The van der Waals surface area contributed by atoms with Gasteiger partial charge in [-0.25, -0.2) is 0 Å². The van der Waals surface area contributed by atoms with Crippen LogP contribution >= 0.6 is 0 Å². The number of rotatable bonds is 2. The first-order valence-corrected chi connectivity index (χ1v) is 9.49. The van der Waals surface area contributed by atoms with E-state index in [-0.39, 0.29) is 0 Å². The van der Waals surface area contributed by atoms with Crippen molar-refractivity contribution in [2.75, 3.05) is 0 Å². The fourth-order valence-electron chi connectivity index (χ4n) is 2.19. The molecule has 0 fully saturated rings. The average Bonchev–Trinajstić information content (AvgIpc) is 3.08. The zero-order valence-corrected chi connectivity index (χ0v) is 13.0. The molecule has 0 aromatic heterocycles. The van der Waals surface area contributed by atoms with Gasteiger partial charge in [-0.2, -0.15) is 0 Å². The van der Waals surface area contributed by atoms with Crippen molar-refractivity contribution in [2.45, 2.75) is 0 Å². The molecule has 0 radical (unpaired) electrons. The summed E-state index contributed by atoms with van der Waals surface area (Å²) in [5, 5.41) is 0. The van der Waals surface area contributed by atoms with Gasteiger partial charge < -0.3 is 0 Å². The molecule has 0 amide bonds. The molecule has 0 spiro atoms. The van der Waals surface area contributed by atoms with Crippen LogP contribution in [0.25, 0.3) is 11.5 Å². The van der Waals surface area contributed by atoms with Crippen molar-refractivity contribution in [3.05, 3.63) is 83.9 Å². The summed E-state index contributed by atoms with van der Waals surface area (Å²) in [6, 6.07) is 20.4. The molecule has 20 heavy (non-hydrogen) atoms. The molecule has 0 atom stereocenters. The van der Waals surface area contributed by atoms with E-state index in [1.165, 1.54) is 3.55 Å². The summed E-state index contributed by atoms with van der Waals surface area (Å²) >= 11 is -2.09. The molecule has 0 N–H and O–H groups in total. The van der Waals surface area contributed by atoms with E-state index in [2.05, 4.69) is 36.4 Å². The predicted octanol–water partition coefficient (Wildman–Crippen LogP) is 3.37. The van der Waals surface area contributed by atoms with E-state index in [0.717, 1.165) is 22.6 Å². The van der Waals surface area contributed by atoms with Crippen LogP contribution in [0.2, 0.25) is 0 Å². The number of benzene rings is 2. The van der Waals surface area contributed by atoms with Gasteiger partial charge in [-0.15, -0.1) is 0 Å².